The maximum atomic E-state index is 13.8. The van der Waals surface area contributed by atoms with Crippen LogP contribution in [0.1, 0.15) is 62.0 Å². The third-order valence-electron chi connectivity index (χ3n) is 7.42. The molecule has 188 valence electrons. The average molecular weight is 502 g/mol. The van der Waals surface area contributed by atoms with E-state index in [2.05, 4.69) is 22.3 Å². The average Bonchev–Trinajstić information content (AvgIpc) is 2.85. The van der Waals surface area contributed by atoms with Crippen molar-refractivity contribution in [3.05, 3.63) is 59.4 Å². The number of carbonyl (C=O) groups excluding carboxylic acids is 2. The molecule has 2 amide bonds. The number of hydrogen-bond donors (Lipinski definition) is 1. The van der Waals surface area contributed by atoms with Crippen molar-refractivity contribution in [2.24, 2.45) is 0 Å². The van der Waals surface area contributed by atoms with E-state index in [0.717, 1.165) is 11.3 Å². The van der Waals surface area contributed by atoms with Crippen LogP contribution >= 0.6 is 12.4 Å². The summed E-state index contributed by atoms with van der Waals surface area (Å²) < 4.78 is 19.1. The second kappa shape index (κ2) is 11.4. The SMILES string of the molecule is Cl.O=C(CN1CCC(N2C(=O)OCc3ccc(F)cc32)CC1)Nc1ccc(C2CCCCC2)cc1. The van der Waals surface area contributed by atoms with E-state index in [4.69, 9.17) is 4.74 Å². The van der Waals surface area contributed by atoms with Gasteiger partial charge in [-0.15, -0.1) is 12.4 Å². The van der Waals surface area contributed by atoms with Gasteiger partial charge in [0, 0.05) is 30.4 Å². The molecule has 6 nitrogen and oxygen atoms in total. The Morgan fingerprint density at radius 3 is 2.43 bits per heavy atom. The van der Waals surface area contributed by atoms with Gasteiger partial charge >= 0.3 is 6.09 Å². The normalized spacial score (nSPS) is 19.5. The third-order valence-corrected chi connectivity index (χ3v) is 7.42. The first kappa shape index (κ1) is 25.5. The Morgan fingerprint density at radius 1 is 1.00 bits per heavy atom. The van der Waals surface area contributed by atoms with E-state index in [1.807, 2.05) is 12.1 Å². The number of nitrogens with zero attached hydrogens (tertiary/aromatic N) is 2. The summed E-state index contributed by atoms with van der Waals surface area (Å²) in [6, 6.07) is 12.7. The highest BCUT2D eigenvalue weighted by Gasteiger charge is 2.34. The maximum absolute atomic E-state index is 13.8. The van der Waals surface area contributed by atoms with E-state index in [-0.39, 0.29) is 36.8 Å². The zero-order chi connectivity index (χ0) is 23.5. The zero-order valence-electron chi connectivity index (χ0n) is 19.9. The number of piperidine rings is 1. The lowest BCUT2D eigenvalue weighted by molar-refractivity contribution is -0.117. The number of fused-ring (bicyclic) bond motifs is 1. The van der Waals surface area contributed by atoms with Crippen LogP contribution in [0.15, 0.2) is 42.5 Å². The molecular weight excluding hydrogens is 469 g/mol. The van der Waals surface area contributed by atoms with Crippen LogP contribution in [0.2, 0.25) is 0 Å². The van der Waals surface area contributed by atoms with Gasteiger partial charge in [0.05, 0.1) is 12.2 Å². The Hall–Kier alpha value is -2.64. The molecule has 2 aromatic carbocycles. The quantitative estimate of drug-likeness (QED) is 0.558. The summed E-state index contributed by atoms with van der Waals surface area (Å²) in [4.78, 5) is 28.8. The number of halogens is 2. The van der Waals surface area contributed by atoms with E-state index in [1.165, 1.54) is 49.8 Å². The summed E-state index contributed by atoms with van der Waals surface area (Å²) >= 11 is 0. The van der Waals surface area contributed by atoms with Crippen molar-refractivity contribution in [3.8, 4) is 0 Å². The van der Waals surface area contributed by atoms with Crippen LogP contribution in [0.4, 0.5) is 20.6 Å². The monoisotopic (exact) mass is 501 g/mol. The van der Waals surface area contributed by atoms with E-state index >= 15 is 0 Å². The Balaban J connectivity index is 0.00000289. The molecule has 35 heavy (non-hydrogen) atoms. The Labute approximate surface area is 212 Å². The van der Waals surface area contributed by atoms with Gasteiger partial charge in [-0.2, -0.15) is 0 Å². The van der Waals surface area contributed by atoms with Gasteiger partial charge in [-0.1, -0.05) is 37.5 Å². The number of nitrogens with one attached hydrogen (secondary N) is 1. The van der Waals surface area contributed by atoms with Gasteiger partial charge < -0.3 is 10.1 Å². The molecule has 2 aromatic rings. The minimum atomic E-state index is -0.425. The highest BCUT2D eigenvalue weighted by molar-refractivity contribution is 5.92. The van der Waals surface area contributed by atoms with Gasteiger partial charge in [-0.25, -0.2) is 9.18 Å². The number of amides is 2. The van der Waals surface area contributed by atoms with Crippen molar-refractivity contribution in [2.75, 3.05) is 29.9 Å². The molecule has 5 rings (SSSR count). The smallest absolute Gasteiger partial charge is 0.414 e. The molecule has 1 N–H and O–H groups in total. The van der Waals surface area contributed by atoms with Crippen molar-refractivity contribution in [2.45, 2.75) is 63.5 Å². The van der Waals surface area contributed by atoms with E-state index < -0.39 is 6.09 Å². The molecule has 2 heterocycles. The Morgan fingerprint density at radius 2 is 1.71 bits per heavy atom. The molecule has 2 fully saturated rings. The molecule has 0 radical (unpaired) electrons. The van der Waals surface area contributed by atoms with Crippen LogP contribution in [0, 0.1) is 5.82 Å². The molecular formula is C27H33ClFN3O3. The van der Waals surface area contributed by atoms with Crippen molar-refractivity contribution >= 4 is 35.8 Å². The molecule has 1 saturated carbocycles. The van der Waals surface area contributed by atoms with Crippen LogP contribution < -0.4 is 10.2 Å². The van der Waals surface area contributed by atoms with Gasteiger partial charge in [0.2, 0.25) is 5.91 Å². The Kier molecular flexibility index (Phi) is 8.29. The molecule has 0 aromatic heterocycles. The van der Waals surface area contributed by atoms with E-state index in [1.54, 1.807) is 11.0 Å². The predicted molar refractivity (Wildman–Crippen MR) is 137 cm³/mol. The fraction of sp³-hybridized carbons (Fsp3) is 0.481. The molecule has 0 atom stereocenters. The van der Waals surface area contributed by atoms with Crippen LogP contribution in [0.25, 0.3) is 0 Å². The molecule has 0 spiro atoms. The standard InChI is InChI=1S/C27H32FN3O3.ClH/c28-22-9-6-21-18-34-27(33)31(25(21)16-22)24-12-14-30(15-13-24)17-26(32)29-23-10-7-20(8-11-23)19-4-2-1-3-5-19;/h6-11,16,19,24H,1-5,12-15,17-18H2,(H,29,32);1H. The molecule has 1 saturated heterocycles. The number of cyclic esters (lactones) is 1. The first-order valence-electron chi connectivity index (χ1n) is 12.4. The van der Waals surface area contributed by atoms with Crippen molar-refractivity contribution < 1.29 is 18.7 Å². The largest absolute Gasteiger partial charge is 0.444 e. The number of carbonyl (C=O) groups is 2. The lowest BCUT2D eigenvalue weighted by Gasteiger charge is -2.40. The summed E-state index contributed by atoms with van der Waals surface area (Å²) in [6.45, 7) is 1.86. The summed E-state index contributed by atoms with van der Waals surface area (Å²) in [5.41, 5.74) is 3.62. The van der Waals surface area contributed by atoms with Crippen molar-refractivity contribution in [3.63, 3.8) is 0 Å². The van der Waals surface area contributed by atoms with Gasteiger partial charge in [-0.05, 0) is 61.4 Å². The third kappa shape index (κ3) is 5.96. The lowest BCUT2D eigenvalue weighted by Crippen LogP contribution is -2.50. The van der Waals surface area contributed by atoms with Gasteiger partial charge in [-0.3, -0.25) is 14.6 Å². The predicted octanol–water partition coefficient (Wildman–Crippen LogP) is 5.85. The zero-order valence-corrected chi connectivity index (χ0v) is 20.7. The maximum Gasteiger partial charge on any atom is 0.414 e. The first-order valence-corrected chi connectivity index (χ1v) is 12.4. The van der Waals surface area contributed by atoms with E-state index in [9.17, 15) is 14.0 Å². The second-order valence-electron chi connectivity index (χ2n) is 9.71. The molecule has 8 heteroatoms. The highest BCUT2D eigenvalue weighted by atomic mass is 35.5. The summed E-state index contributed by atoms with van der Waals surface area (Å²) in [6.07, 6.45) is 7.46. The van der Waals surface area contributed by atoms with Gasteiger partial charge in [0.15, 0.2) is 0 Å². The summed E-state index contributed by atoms with van der Waals surface area (Å²) in [5.74, 6) is 0.258. The minimum absolute atomic E-state index is 0. The van der Waals surface area contributed by atoms with Crippen molar-refractivity contribution in [1.29, 1.82) is 0 Å². The number of hydrogen-bond acceptors (Lipinski definition) is 4. The Bertz CT molecular complexity index is 1030. The second-order valence-corrected chi connectivity index (χ2v) is 9.71. The lowest BCUT2D eigenvalue weighted by atomic mass is 9.84. The number of benzene rings is 2. The van der Waals surface area contributed by atoms with Crippen LogP contribution in [0.3, 0.4) is 0 Å². The first-order chi connectivity index (χ1) is 16.6. The topological polar surface area (TPSA) is 61.9 Å². The fourth-order valence-electron chi connectivity index (χ4n) is 5.55. The number of anilines is 2. The number of ether oxygens (including phenoxy) is 1. The van der Waals surface area contributed by atoms with Crippen LogP contribution in [-0.4, -0.2) is 42.6 Å². The molecule has 1 aliphatic carbocycles. The van der Waals surface area contributed by atoms with Gasteiger partial charge in [0.1, 0.15) is 12.4 Å². The molecule has 0 bridgehead atoms. The van der Waals surface area contributed by atoms with Crippen LogP contribution in [-0.2, 0) is 16.1 Å². The number of likely N-dealkylation sites (tertiary alicyclic amines) is 1. The highest BCUT2D eigenvalue weighted by Crippen LogP contribution is 2.34. The van der Waals surface area contributed by atoms with Gasteiger partial charge in [0.25, 0.3) is 0 Å². The molecule has 2 aliphatic heterocycles. The van der Waals surface area contributed by atoms with Crippen molar-refractivity contribution in [1.82, 2.24) is 4.90 Å². The van der Waals surface area contributed by atoms with E-state index in [0.29, 0.717) is 44.1 Å². The molecule has 3 aliphatic rings. The fourth-order valence-corrected chi connectivity index (χ4v) is 5.55. The number of rotatable bonds is 5. The summed E-state index contributed by atoms with van der Waals surface area (Å²) in [7, 11) is 0. The minimum Gasteiger partial charge on any atom is -0.444 e. The molecule has 0 unspecified atom stereocenters. The van der Waals surface area contributed by atoms with Crippen LogP contribution in [0.5, 0.6) is 0 Å². The summed E-state index contributed by atoms with van der Waals surface area (Å²) in [5, 5.41) is 3.01.